The molecule has 0 aromatic heterocycles. The molecule has 0 fully saturated rings. The smallest absolute Gasteiger partial charge is 0.308 e. The number of carbonyl (C=O) groups is 1. The van der Waals surface area contributed by atoms with Gasteiger partial charge in [-0.25, -0.2) is 0 Å². The van der Waals surface area contributed by atoms with Crippen LogP contribution in [0, 0.1) is 11.8 Å². The average Bonchev–Trinajstić information content (AvgIpc) is 2.51. The van der Waals surface area contributed by atoms with Crippen LogP contribution in [0.4, 0.5) is 0 Å². The summed E-state index contributed by atoms with van der Waals surface area (Å²) in [6.07, 6.45) is 4.31. The van der Waals surface area contributed by atoms with Gasteiger partial charge in [-0.15, -0.1) is 0 Å². The van der Waals surface area contributed by atoms with Crippen molar-refractivity contribution in [3.8, 4) is 0 Å². The van der Waals surface area contributed by atoms with Crippen molar-refractivity contribution in [2.45, 2.75) is 33.6 Å². The van der Waals surface area contributed by atoms with Gasteiger partial charge in [0.2, 0.25) is 0 Å². The van der Waals surface area contributed by atoms with Crippen molar-refractivity contribution in [2.75, 3.05) is 6.61 Å². The summed E-state index contributed by atoms with van der Waals surface area (Å²) in [6.45, 7) is 6.43. The Balaban J connectivity index is 2.40. The molecule has 0 heterocycles. The Kier molecular flexibility index (Phi) is 3.52. The standard InChI is InChI=1S/C11H18O2/c1-4-13-11(12)9(3)10-6-5-8(2)7-10/h5,9-10H,4,6-7H2,1-3H3. The van der Waals surface area contributed by atoms with Crippen LogP contribution in [-0.2, 0) is 9.53 Å². The maximum absolute atomic E-state index is 11.4. The first-order valence-corrected chi connectivity index (χ1v) is 4.97. The largest absolute Gasteiger partial charge is 0.466 e. The van der Waals surface area contributed by atoms with Crippen molar-refractivity contribution in [1.82, 2.24) is 0 Å². The van der Waals surface area contributed by atoms with E-state index >= 15 is 0 Å². The molecule has 0 aliphatic heterocycles. The van der Waals surface area contributed by atoms with E-state index in [1.807, 2.05) is 13.8 Å². The predicted molar refractivity (Wildman–Crippen MR) is 52.3 cm³/mol. The van der Waals surface area contributed by atoms with Crippen LogP contribution in [0.3, 0.4) is 0 Å². The molecule has 74 valence electrons. The van der Waals surface area contributed by atoms with Gasteiger partial charge in [-0.3, -0.25) is 4.79 Å². The first-order chi connectivity index (χ1) is 6.15. The Morgan fingerprint density at radius 3 is 2.92 bits per heavy atom. The predicted octanol–water partition coefficient (Wildman–Crippen LogP) is 2.54. The van der Waals surface area contributed by atoms with E-state index in [4.69, 9.17) is 4.74 Å². The molecule has 0 saturated heterocycles. The van der Waals surface area contributed by atoms with Crippen molar-refractivity contribution in [1.29, 1.82) is 0 Å². The van der Waals surface area contributed by atoms with Crippen molar-refractivity contribution < 1.29 is 9.53 Å². The molecule has 2 heteroatoms. The molecule has 1 aliphatic rings. The number of hydrogen-bond donors (Lipinski definition) is 0. The van der Waals surface area contributed by atoms with Gasteiger partial charge in [0.25, 0.3) is 0 Å². The van der Waals surface area contributed by atoms with Crippen LogP contribution in [0.5, 0.6) is 0 Å². The quantitative estimate of drug-likeness (QED) is 0.495. The molecule has 0 aromatic rings. The maximum Gasteiger partial charge on any atom is 0.308 e. The van der Waals surface area contributed by atoms with Crippen LogP contribution < -0.4 is 0 Å². The van der Waals surface area contributed by atoms with Crippen LogP contribution in [0.2, 0.25) is 0 Å². The Morgan fingerprint density at radius 2 is 2.46 bits per heavy atom. The molecular weight excluding hydrogens is 164 g/mol. The Morgan fingerprint density at radius 1 is 1.77 bits per heavy atom. The average molecular weight is 182 g/mol. The zero-order valence-corrected chi connectivity index (χ0v) is 8.67. The highest BCUT2D eigenvalue weighted by atomic mass is 16.5. The Bertz CT molecular complexity index is 218. The van der Waals surface area contributed by atoms with Crippen LogP contribution in [-0.4, -0.2) is 12.6 Å². The van der Waals surface area contributed by atoms with Gasteiger partial charge in [-0.1, -0.05) is 18.6 Å². The number of rotatable bonds is 3. The lowest BCUT2D eigenvalue weighted by Gasteiger charge is -2.17. The monoisotopic (exact) mass is 182 g/mol. The van der Waals surface area contributed by atoms with E-state index in [0.717, 1.165) is 12.8 Å². The number of allylic oxidation sites excluding steroid dienone is 2. The lowest BCUT2D eigenvalue weighted by molar-refractivity contribution is -0.149. The lowest BCUT2D eigenvalue weighted by atomic mass is 9.91. The third-order valence-corrected chi connectivity index (χ3v) is 2.72. The Labute approximate surface area is 80.0 Å². The van der Waals surface area contributed by atoms with Gasteiger partial charge in [0.1, 0.15) is 0 Å². The SMILES string of the molecule is CCOC(=O)C(C)C1CC=C(C)C1. The number of ether oxygens (including phenoxy) is 1. The highest BCUT2D eigenvalue weighted by Crippen LogP contribution is 2.31. The minimum Gasteiger partial charge on any atom is -0.466 e. The van der Waals surface area contributed by atoms with Crippen molar-refractivity contribution in [3.63, 3.8) is 0 Å². The molecule has 13 heavy (non-hydrogen) atoms. The third kappa shape index (κ3) is 2.58. The second-order valence-corrected chi connectivity index (χ2v) is 3.79. The van der Waals surface area contributed by atoms with E-state index in [9.17, 15) is 4.79 Å². The molecule has 1 rings (SSSR count). The summed E-state index contributed by atoms with van der Waals surface area (Å²) in [6, 6.07) is 0. The summed E-state index contributed by atoms with van der Waals surface area (Å²) in [5.74, 6) is 0.475. The number of hydrogen-bond acceptors (Lipinski definition) is 2. The molecule has 1 aliphatic carbocycles. The first kappa shape index (κ1) is 10.3. The number of esters is 1. The number of carbonyl (C=O) groups excluding carboxylic acids is 1. The van der Waals surface area contributed by atoms with Gasteiger partial charge in [0.05, 0.1) is 12.5 Å². The van der Waals surface area contributed by atoms with Gasteiger partial charge < -0.3 is 4.74 Å². The fraction of sp³-hybridized carbons (Fsp3) is 0.727. The fourth-order valence-electron chi connectivity index (χ4n) is 1.78. The van der Waals surface area contributed by atoms with Gasteiger partial charge in [-0.05, 0) is 32.6 Å². The van der Waals surface area contributed by atoms with E-state index in [1.54, 1.807) is 0 Å². The third-order valence-electron chi connectivity index (χ3n) is 2.72. The molecular formula is C11H18O2. The van der Waals surface area contributed by atoms with Gasteiger partial charge in [0.15, 0.2) is 0 Å². The van der Waals surface area contributed by atoms with Gasteiger partial charge in [-0.2, -0.15) is 0 Å². The second kappa shape index (κ2) is 4.45. The zero-order chi connectivity index (χ0) is 9.84. The normalized spacial score (nSPS) is 23.9. The van der Waals surface area contributed by atoms with E-state index < -0.39 is 0 Å². The Hall–Kier alpha value is -0.790. The summed E-state index contributed by atoms with van der Waals surface area (Å²) in [5.41, 5.74) is 1.40. The molecule has 0 bridgehead atoms. The van der Waals surface area contributed by atoms with E-state index in [1.165, 1.54) is 5.57 Å². The van der Waals surface area contributed by atoms with Crippen LogP contribution in [0.1, 0.15) is 33.6 Å². The molecule has 2 nitrogen and oxygen atoms in total. The molecule has 0 aromatic carbocycles. The fourth-order valence-corrected chi connectivity index (χ4v) is 1.78. The summed E-state index contributed by atoms with van der Waals surface area (Å²) in [4.78, 5) is 11.4. The van der Waals surface area contributed by atoms with E-state index in [2.05, 4.69) is 13.0 Å². The molecule has 0 radical (unpaired) electrons. The highest BCUT2D eigenvalue weighted by Gasteiger charge is 2.27. The molecule has 0 saturated carbocycles. The highest BCUT2D eigenvalue weighted by molar-refractivity contribution is 5.72. The van der Waals surface area contributed by atoms with E-state index in [0.29, 0.717) is 12.5 Å². The molecule has 0 spiro atoms. The molecule has 0 N–H and O–H groups in total. The lowest BCUT2D eigenvalue weighted by Crippen LogP contribution is -2.21. The van der Waals surface area contributed by atoms with Crippen molar-refractivity contribution >= 4 is 5.97 Å². The first-order valence-electron chi connectivity index (χ1n) is 4.97. The zero-order valence-electron chi connectivity index (χ0n) is 8.67. The summed E-state index contributed by atoms with van der Waals surface area (Å²) in [5, 5.41) is 0. The molecule has 2 atom stereocenters. The van der Waals surface area contributed by atoms with E-state index in [-0.39, 0.29) is 11.9 Å². The maximum atomic E-state index is 11.4. The second-order valence-electron chi connectivity index (χ2n) is 3.79. The topological polar surface area (TPSA) is 26.3 Å². The van der Waals surface area contributed by atoms with Gasteiger partial charge in [0, 0.05) is 0 Å². The van der Waals surface area contributed by atoms with Crippen LogP contribution in [0.25, 0.3) is 0 Å². The molecule has 2 unspecified atom stereocenters. The van der Waals surface area contributed by atoms with Crippen molar-refractivity contribution in [3.05, 3.63) is 11.6 Å². The van der Waals surface area contributed by atoms with Crippen LogP contribution in [0.15, 0.2) is 11.6 Å². The summed E-state index contributed by atoms with van der Waals surface area (Å²) in [7, 11) is 0. The minimum atomic E-state index is -0.0457. The van der Waals surface area contributed by atoms with Gasteiger partial charge >= 0.3 is 5.97 Å². The summed E-state index contributed by atoms with van der Waals surface area (Å²) < 4.78 is 4.99. The summed E-state index contributed by atoms with van der Waals surface area (Å²) >= 11 is 0. The molecule has 0 amide bonds. The van der Waals surface area contributed by atoms with Crippen molar-refractivity contribution in [2.24, 2.45) is 11.8 Å². The van der Waals surface area contributed by atoms with Crippen LogP contribution >= 0.6 is 0 Å². The minimum absolute atomic E-state index is 0.0457.